The van der Waals surface area contributed by atoms with Crippen LogP contribution in [0.5, 0.6) is 11.5 Å². The lowest BCUT2D eigenvalue weighted by atomic mass is 10.1. The summed E-state index contributed by atoms with van der Waals surface area (Å²) in [6.45, 7) is 3.43. The maximum atomic E-state index is 12.0. The molecular weight excluding hydrogens is 298 g/mol. The first-order valence-electron chi connectivity index (χ1n) is 7.32. The Bertz CT molecular complexity index is 762. The Balaban J connectivity index is 1.57. The van der Waals surface area contributed by atoms with Crippen LogP contribution in [0.25, 0.3) is 0 Å². The van der Waals surface area contributed by atoms with Gasteiger partial charge in [0.2, 0.25) is 12.7 Å². The molecule has 2 aromatic rings. The number of nitrogens with one attached hydrogen (secondary N) is 1. The van der Waals surface area contributed by atoms with Crippen LogP contribution >= 0.6 is 0 Å². The number of furan rings is 1. The average molecular weight is 315 g/mol. The summed E-state index contributed by atoms with van der Waals surface area (Å²) in [5.74, 6) is 2.34. The predicted octanol–water partition coefficient (Wildman–Crippen LogP) is 3.09. The summed E-state index contributed by atoms with van der Waals surface area (Å²) in [6.07, 6.45) is 0.698. The summed E-state index contributed by atoms with van der Waals surface area (Å²) in [5, 5.41) is 2.80. The van der Waals surface area contributed by atoms with Gasteiger partial charge in [0.15, 0.2) is 17.3 Å². The Kier molecular flexibility index (Phi) is 4.06. The molecule has 0 atom stereocenters. The SMILES string of the molecule is CC(=O)c1cc(CCC(=O)Nc2ccc3c(c2)OCO3)oc1C. The van der Waals surface area contributed by atoms with Gasteiger partial charge in [0.25, 0.3) is 0 Å². The Morgan fingerprint density at radius 3 is 2.70 bits per heavy atom. The molecule has 6 heteroatoms. The number of ether oxygens (including phenoxy) is 2. The first-order valence-corrected chi connectivity index (χ1v) is 7.32. The number of hydrogen-bond acceptors (Lipinski definition) is 5. The molecule has 1 N–H and O–H groups in total. The Labute approximate surface area is 133 Å². The number of benzene rings is 1. The van der Waals surface area contributed by atoms with Crippen LogP contribution in [0.1, 0.15) is 35.2 Å². The zero-order valence-electron chi connectivity index (χ0n) is 13.0. The smallest absolute Gasteiger partial charge is 0.231 e. The third-order valence-corrected chi connectivity index (χ3v) is 3.60. The molecule has 0 spiro atoms. The van der Waals surface area contributed by atoms with Crippen molar-refractivity contribution < 1.29 is 23.5 Å². The largest absolute Gasteiger partial charge is 0.466 e. The lowest BCUT2D eigenvalue weighted by Crippen LogP contribution is -2.12. The van der Waals surface area contributed by atoms with E-state index in [1.807, 2.05) is 0 Å². The topological polar surface area (TPSA) is 77.8 Å². The number of rotatable bonds is 5. The number of aryl methyl sites for hydroxylation is 2. The van der Waals surface area contributed by atoms with E-state index in [1.54, 1.807) is 31.2 Å². The quantitative estimate of drug-likeness (QED) is 0.858. The van der Waals surface area contributed by atoms with Crippen molar-refractivity contribution in [2.75, 3.05) is 12.1 Å². The van der Waals surface area contributed by atoms with E-state index in [0.717, 1.165) is 0 Å². The Morgan fingerprint density at radius 2 is 1.96 bits per heavy atom. The Hall–Kier alpha value is -2.76. The van der Waals surface area contributed by atoms with E-state index < -0.39 is 0 Å². The second-order valence-electron chi connectivity index (χ2n) is 5.35. The van der Waals surface area contributed by atoms with Gasteiger partial charge in [0.05, 0.1) is 5.56 Å². The average Bonchev–Trinajstić information content (AvgIpc) is 3.10. The fraction of sp³-hybridized carbons (Fsp3) is 0.294. The molecule has 0 unspecified atom stereocenters. The minimum Gasteiger partial charge on any atom is -0.466 e. The first-order chi connectivity index (χ1) is 11.0. The fourth-order valence-electron chi connectivity index (χ4n) is 2.45. The summed E-state index contributed by atoms with van der Waals surface area (Å²) in [7, 11) is 0. The van der Waals surface area contributed by atoms with Gasteiger partial charge in [-0.15, -0.1) is 0 Å². The summed E-state index contributed by atoms with van der Waals surface area (Å²) in [6, 6.07) is 6.94. The molecule has 0 saturated carbocycles. The monoisotopic (exact) mass is 315 g/mol. The number of fused-ring (bicyclic) bond motifs is 1. The molecule has 0 bridgehead atoms. The van der Waals surface area contributed by atoms with Crippen molar-refractivity contribution in [1.82, 2.24) is 0 Å². The highest BCUT2D eigenvalue weighted by atomic mass is 16.7. The van der Waals surface area contributed by atoms with Gasteiger partial charge in [-0.3, -0.25) is 9.59 Å². The number of anilines is 1. The van der Waals surface area contributed by atoms with E-state index in [-0.39, 0.29) is 24.9 Å². The normalized spacial score (nSPS) is 12.3. The summed E-state index contributed by atoms with van der Waals surface area (Å²) < 4.78 is 16.0. The van der Waals surface area contributed by atoms with E-state index in [0.29, 0.717) is 40.7 Å². The highest BCUT2D eigenvalue weighted by molar-refractivity contribution is 5.95. The van der Waals surface area contributed by atoms with Crippen LogP contribution in [0.3, 0.4) is 0 Å². The minimum absolute atomic E-state index is 0.0395. The predicted molar refractivity (Wildman–Crippen MR) is 83.0 cm³/mol. The van der Waals surface area contributed by atoms with Crippen molar-refractivity contribution in [3.63, 3.8) is 0 Å². The first kappa shape index (κ1) is 15.1. The van der Waals surface area contributed by atoms with E-state index in [9.17, 15) is 9.59 Å². The van der Waals surface area contributed by atoms with Crippen LogP contribution in [0.4, 0.5) is 5.69 Å². The maximum Gasteiger partial charge on any atom is 0.231 e. The number of carbonyl (C=O) groups excluding carboxylic acids is 2. The van der Waals surface area contributed by atoms with E-state index in [1.165, 1.54) is 6.92 Å². The summed E-state index contributed by atoms with van der Waals surface area (Å²) >= 11 is 0. The van der Waals surface area contributed by atoms with Crippen molar-refractivity contribution in [3.8, 4) is 11.5 Å². The Morgan fingerprint density at radius 1 is 1.17 bits per heavy atom. The molecule has 1 aliphatic rings. The summed E-state index contributed by atoms with van der Waals surface area (Å²) in [4.78, 5) is 23.4. The van der Waals surface area contributed by atoms with Crippen LogP contribution in [-0.4, -0.2) is 18.5 Å². The highest BCUT2D eigenvalue weighted by Crippen LogP contribution is 2.34. The molecule has 2 heterocycles. The second-order valence-corrected chi connectivity index (χ2v) is 5.35. The number of amides is 1. The molecule has 3 rings (SSSR count). The zero-order chi connectivity index (χ0) is 16.4. The summed E-state index contributed by atoms with van der Waals surface area (Å²) in [5.41, 5.74) is 1.22. The third kappa shape index (κ3) is 3.36. The van der Waals surface area contributed by atoms with Gasteiger partial charge >= 0.3 is 0 Å². The standard InChI is InChI=1S/C17H17NO5/c1-10(19)14-8-13(23-11(14)2)4-6-17(20)18-12-3-5-15-16(7-12)22-9-21-15/h3,5,7-8H,4,6,9H2,1-2H3,(H,18,20). The van der Waals surface area contributed by atoms with E-state index in [4.69, 9.17) is 13.9 Å². The molecule has 0 aliphatic carbocycles. The van der Waals surface area contributed by atoms with E-state index in [2.05, 4.69) is 5.32 Å². The van der Waals surface area contributed by atoms with Gasteiger partial charge in [-0.25, -0.2) is 0 Å². The second kappa shape index (κ2) is 6.16. The highest BCUT2D eigenvalue weighted by Gasteiger charge is 2.15. The van der Waals surface area contributed by atoms with Crippen LogP contribution in [0.15, 0.2) is 28.7 Å². The van der Waals surface area contributed by atoms with E-state index >= 15 is 0 Å². The fourth-order valence-corrected chi connectivity index (χ4v) is 2.45. The molecule has 23 heavy (non-hydrogen) atoms. The lowest BCUT2D eigenvalue weighted by Gasteiger charge is -2.05. The van der Waals surface area contributed by atoms with Crippen molar-refractivity contribution in [2.24, 2.45) is 0 Å². The number of carbonyl (C=O) groups is 2. The van der Waals surface area contributed by atoms with Crippen LogP contribution in [-0.2, 0) is 11.2 Å². The molecule has 1 aromatic carbocycles. The molecule has 1 amide bonds. The molecule has 6 nitrogen and oxygen atoms in total. The maximum absolute atomic E-state index is 12.0. The minimum atomic E-state index is -0.137. The number of ketones is 1. The molecule has 0 saturated heterocycles. The van der Waals surface area contributed by atoms with Crippen molar-refractivity contribution >= 4 is 17.4 Å². The third-order valence-electron chi connectivity index (χ3n) is 3.60. The molecular formula is C17H17NO5. The van der Waals surface area contributed by atoms with Gasteiger partial charge in [0.1, 0.15) is 11.5 Å². The van der Waals surface area contributed by atoms with Gasteiger partial charge < -0.3 is 19.2 Å². The van der Waals surface area contributed by atoms with Crippen molar-refractivity contribution in [1.29, 1.82) is 0 Å². The molecule has 0 fully saturated rings. The van der Waals surface area contributed by atoms with Gasteiger partial charge in [-0.05, 0) is 32.0 Å². The van der Waals surface area contributed by atoms with Crippen LogP contribution in [0.2, 0.25) is 0 Å². The van der Waals surface area contributed by atoms with Crippen LogP contribution in [0, 0.1) is 6.92 Å². The molecule has 0 radical (unpaired) electrons. The number of Topliss-reactive ketones (excluding diaryl/α,β-unsaturated/α-hetero) is 1. The van der Waals surface area contributed by atoms with Gasteiger partial charge in [-0.1, -0.05) is 0 Å². The zero-order valence-corrected chi connectivity index (χ0v) is 13.0. The lowest BCUT2D eigenvalue weighted by molar-refractivity contribution is -0.116. The van der Waals surface area contributed by atoms with Gasteiger partial charge in [0, 0.05) is 24.6 Å². The van der Waals surface area contributed by atoms with Crippen molar-refractivity contribution in [3.05, 3.63) is 41.3 Å². The van der Waals surface area contributed by atoms with Crippen LogP contribution < -0.4 is 14.8 Å². The molecule has 1 aliphatic heterocycles. The number of hydrogen-bond donors (Lipinski definition) is 1. The van der Waals surface area contributed by atoms with Gasteiger partial charge in [-0.2, -0.15) is 0 Å². The van der Waals surface area contributed by atoms with Crippen molar-refractivity contribution in [2.45, 2.75) is 26.7 Å². The molecule has 120 valence electrons. The molecule has 1 aromatic heterocycles.